The summed E-state index contributed by atoms with van der Waals surface area (Å²) in [7, 11) is 0. The molecule has 0 saturated heterocycles. The minimum atomic E-state index is -0.775. The van der Waals surface area contributed by atoms with E-state index in [9.17, 15) is 14.4 Å². The summed E-state index contributed by atoms with van der Waals surface area (Å²) in [5, 5.41) is 2.87. The summed E-state index contributed by atoms with van der Waals surface area (Å²) in [6, 6.07) is 9.48. The molecule has 136 valence electrons. The molecule has 0 aliphatic rings. The molecule has 1 N–H and O–H groups in total. The Hall–Kier alpha value is -2.63. The molecular weight excluding hydrogens is 322 g/mol. The highest BCUT2D eigenvalue weighted by Crippen LogP contribution is 2.20. The summed E-state index contributed by atoms with van der Waals surface area (Å²) in [6.07, 6.45) is 2.68. The molecule has 6 heteroatoms. The zero-order valence-electron chi connectivity index (χ0n) is 14.9. The fraction of sp³-hybridized carbons (Fsp3) is 0.421. The van der Waals surface area contributed by atoms with Crippen molar-refractivity contribution >= 4 is 17.8 Å². The van der Waals surface area contributed by atoms with Crippen LogP contribution in [0.1, 0.15) is 38.8 Å². The molecule has 6 nitrogen and oxygen atoms in total. The van der Waals surface area contributed by atoms with Crippen molar-refractivity contribution in [3.63, 3.8) is 0 Å². The first-order chi connectivity index (χ1) is 11.9. The largest absolute Gasteiger partial charge is 0.463 e. The van der Waals surface area contributed by atoms with Gasteiger partial charge in [-0.1, -0.05) is 44.2 Å². The number of hydrogen-bond acceptors (Lipinski definition) is 5. The standard InChI is InChI=1S/C19H25NO5/c1-4-24-18(22)10-11-19(23)25-13-17(21)20-16(12-14(2)3)15-8-6-5-7-9-15/h5-11,14,16H,4,12-13H2,1-3H3,(H,20,21)/b11-10+/t16-/m0/s1. The van der Waals surface area contributed by atoms with Gasteiger partial charge in [0.25, 0.3) is 5.91 Å². The van der Waals surface area contributed by atoms with E-state index in [4.69, 9.17) is 4.74 Å². The van der Waals surface area contributed by atoms with Crippen molar-refractivity contribution in [3.8, 4) is 0 Å². The lowest BCUT2D eigenvalue weighted by atomic mass is 9.97. The van der Waals surface area contributed by atoms with Gasteiger partial charge in [-0.2, -0.15) is 0 Å². The topological polar surface area (TPSA) is 81.7 Å². The minimum absolute atomic E-state index is 0.150. The maximum absolute atomic E-state index is 12.0. The van der Waals surface area contributed by atoms with Crippen LogP contribution in [0.3, 0.4) is 0 Å². The van der Waals surface area contributed by atoms with Gasteiger partial charge in [-0.15, -0.1) is 0 Å². The van der Waals surface area contributed by atoms with Gasteiger partial charge in [0, 0.05) is 12.2 Å². The maximum Gasteiger partial charge on any atom is 0.331 e. The van der Waals surface area contributed by atoms with Gasteiger partial charge in [0.15, 0.2) is 6.61 Å². The molecule has 0 aromatic heterocycles. The van der Waals surface area contributed by atoms with Crippen LogP contribution in [0, 0.1) is 5.92 Å². The lowest BCUT2D eigenvalue weighted by Gasteiger charge is -2.21. The summed E-state index contributed by atoms with van der Waals surface area (Å²) in [4.78, 5) is 34.6. The Bertz CT molecular complexity index is 595. The fourth-order valence-electron chi connectivity index (χ4n) is 2.18. The molecule has 0 saturated carbocycles. The normalized spacial score (nSPS) is 12.0. The van der Waals surface area contributed by atoms with Gasteiger partial charge in [-0.05, 0) is 24.8 Å². The van der Waals surface area contributed by atoms with Gasteiger partial charge in [0.1, 0.15) is 0 Å². The van der Waals surface area contributed by atoms with Gasteiger partial charge in [0.05, 0.1) is 12.6 Å². The van der Waals surface area contributed by atoms with Crippen LogP contribution in [-0.2, 0) is 23.9 Å². The van der Waals surface area contributed by atoms with Crippen LogP contribution in [-0.4, -0.2) is 31.1 Å². The molecule has 1 aromatic carbocycles. The summed E-state index contributed by atoms with van der Waals surface area (Å²) in [5.74, 6) is -1.42. The van der Waals surface area contributed by atoms with Crippen LogP contribution in [0.5, 0.6) is 0 Å². The van der Waals surface area contributed by atoms with Crippen molar-refractivity contribution in [1.29, 1.82) is 0 Å². The van der Waals surface area contributed by atoms with Gasteiger partial charge >= 0.3 is 11.9 Å². The zero-order valence-corrected chi connectivity index (χ0v) is 14.9. The van der Waals surface area contributed by atoms with Gasteiger partial charge in [-0.25, -0.2) is 9.59 Å². The van der Waals surface area contributed by atoms with Crippen LogP contribution in [0.25, 0.3) is 0 Å². The highest BCUT2D eigenvalue weighted by molar-refractivity contribution is 5.92. The quantitative estimate of drug-likeness (QED) is 0.548. The van der Waals surface area contributed by atoms with Gasteiger partial charge in [0.2, 0.25) is 0 Å². The molecule has 1 atom stereocenters. The number of benzene rings is 1. The molecule has 0 aliphatic carbocycles. The smallest absolute Gasteiger partial charge is 0.331 e. The monoisotopic (exact) mass is 347 g/mol. The van der Waals surface area contributed by atoms with Crippen molar-refractivity contribution in [2.24, 2.45) is 5.92 Å². The Morgan fingerprint density at radius 1 is 1.04 bits per heavy atom. The number of hydrogen-bond donors (Lipinski definition) is 1. The number of rotatable bonds is 9. The molecule has 0 unspecified atom stereocenters. The third-order valence-corrected chi connectivity index (χ3v) is 3.23. The predicted molar refractivity (Wildman–Crippen MR) is 93.5 cm³/mol. The SMILES string of the molecule is CCOC(=O)/C=C/C(=O)OCC(=O)N[C@@H](CC(C)C)c1ccccc1. The minimum Gasteiger partial charge on any atom is -0.463 e. The Morgan fingerprint density at radius 2 is 1.64 bits per heavy atom. The Kier molecular flexibility index (Phi) is 9.00. The summed E-state index contributed by atoms with van der Waals surface area (Å²) in [6.45, 7) is 5.62. The third-order valence-electron chi connectivity index (χ3n) is 3.23. The fourth-order valence-corrected chi connectivity index (χ4v) is 2.18. The van der Waals surface area contributed by atoms with E-state index in [2.05, 4.69) is 23.9 Å². The Balaban J connectivity index is 2.52. The molecule has 0 heterocycles. The average Bonchev–Trinajstić information content (AvgIpc) is 2.58. The molecule has 1 amide bonds. The van der Waals surface area contributed by atoms with Crippen molar-refractivity contribution in [3.05, 3.63) is 48.0 Å². The van der Waals surface area contributed by atoms with E-state index in [-0.39, 0.29) is 12.6 Å². The second-order valence-electron chi connectivity index (χ2n) is 5.85. The molecular formula is C19H25NO5. The average molecular weight is 347 g/mol. The molecule has 1 aromatic rings. The Morgan fingerprint density at radius 3 is 2.20 bits per heavy atom. The van der Waals surface area contributed by atoms with Crippen LogP contribution < -0.4 is 5.32 Å². The van der Waals surface area contributed by atoms with Crippen molar-refractivity contribution in [1.82, 2.24) is 5.32 Å². The van der Waals surface area contributed by atoms with Crippen molar-refractivity contribution < 1.29 is 23.9 Å². The van der Waals surface area contributed by atoms with Crippen LogP contribution in [0.4, 0.5) is 0 Å². The van der Waals surface area contributed by atoms with Crippen LogP contribution in [0.2, 0.25) is 0 Å². The number of carbonyl (C=O) groups is 3. The van der Waals surface area contributed by atoms with E-state index in [0.717, 1.165) is 24.1 Å². The van der Waals surface area contributed by atoms with E-state index in [1.54, 1.807) is 6.92 Å². The van der Waals surface area contributed by atoms with Gasteiger partial charge in [-0.3, -0.25) is 4.79 Å². The third kappa shape index (κ3) is 8.69. The highest BCUT2D eigenvalue weighted by Gasteiger charge is 2.16. The van der Waals surface area contributed by atoms with E-state index < -0.39 is 24.5 Å². The lowest BCUT2D eigenvalue weighted by molar-refractivity contribution is -0.144. The van der Waals surface area contributed by atoms with Crippen molar-refractivity contribution in [2.75, 3.05) is 13.2 Å². The number of ether oxygens (including phenoxy) is 2. The Labute approximate surface area is 148 Å². The summed E-state index contributed by atoms with van der Waals surface area (Å²) >= 11 is 0. The van der Waals surface area contributed by atoms with E-state index in [0.29, 0.717) is 5.92 Å². The molecule has 25 heavy (non-hydrogen) atoms. The maximum atomic E-state index is 12.0. The van der Waals surface area contributed by atoms with E-state index in [1.807, 2.05) is 30.3 Å². The van der Waals surface area contributed by atoms with Crippen molar-refractivity contribution in [2.45, 2.75) is 33.2 Å². The van der Waals surface area contributed by atoms with E-state index in [1.165, 1.54) is 0 Å². The van der Waals surface area contributed by atoms with Crippen LogP contribution in [0.15, 0.2) is 42.5 Å². The summed E-state index contributed by atoms with van der Waals surface area (Å²) in [5.41, 5.74) is 0.998. The second kappa shape index (κ2) is 11.0. The first kappa shape index (κ1) is 20.4. The zero-order chi connectivity index (χ0) is 18.7. The first-order valence-electron chi connectivity index (χ1n) is 8.28. The number of nitrogens with one attached hydrogen (secondary N) is 1. The van der Waals surface area contributed by atoms with Gasteiger partial charge < -0.3 is 14.8 Å². The van der Waals surface area contributed by atoms with E-state index >= 15 is 0 Å². The highest BCUT2D eigenvalue weighted by atomic mass is 16.5. The molecule has 1 rings (SSSR count). The number of esters is 2. The molecule has 0 fully saturated rings. The molecule has 0 bridgehead atoms. The molecule has 0 spiro atoms. The molecule has 0 aliphatic heterocycles. The second-order valence-corrected chi connectivity index (χ2v) is 5.85. The predicted octanol–water partition coefficient (Wildman–Crippen LogP) is 2.55. The van der Waals surface area contributed by atoms with Crippen LogP contribution >= 0.6 is 0 Å². The number of carbonyl (C=O) groups excluding carboxylic acids is 3. The number of amides is 1. The lowest BCUT2D eigenvalue weighted by Crippen LogP contribution is -2.33. The summed E-state index contributed by atoms with van der Waals surface area (Å²) < 4.78 is 9.47. The molecule has 0 radical (unpaired) electrons. The first-order valence-corrected chi connectivity index (χ1v) is 8.28.